The zero-order chi connectivity index (χ0) is 10.6. The zero-order valence-corrected chi connectivity index (χ0v) is 9.87. The number of hydrogen-bond donors (Lipinski definition) is 1. The summed E-state index contributed by atoms with van der Waals surface area (Å²) in [5, 5.41) is 5.36. The van der Waals surface area contributed by atoms with E-state index in [1.807, 2.05) is 0 Å². The van der Waals surface area contributed by atoms with Crippen LogP contribution < -0.4 is 5.32 Å². The Hall–Kier alpha value is -1.02. The average molecular weight is 207 g/mol. The smallest absolute Gasteiger partial charge is 0.0349 e. The Balaban J connectivity index is 2.78. The van der Waals surface area contributed by atoms with Gasteiger partial charge in [0.2, 0.25) is 0 Å². The molecule has 0 atom stereocenters. The predicted molar refractivity (Wildman–Crippen MR) is 66.4 cm³/mol. The van der Waals surface area contributed by atoms with E-state index in [0.29, 0.717) is 0 Å². The van der Waals surface area contributed by atoms with Gasteiger partial charge in [0, 0.05) is 28.1 Å². The fourth-order valence-corrected chi connectivity index (χ4v) is 2.16. The van der Waals surface area contributed by atoms with Crippen LogP contribution in [0.1, 0.15) is 31.2 Å². The molecule has 1 aromatic heterocycles. The van der Waals surface area contributed by atoms with E-state index in [4.69, 9.17) is 0 Å². The Kier molecular flexibility index (Phi) is 3.96. The molecule has 1 rings (SSSR count). The van der Waals surface area contributed by atoms with Gasteiger partial charge in [-0.3, -0.25) is 0 Å². The van der Waals surface area contributed by atoms with Crippen molar-refractivity contribution in [2.24, 2.45) is 0 Å². The monoisotopic (exact) mass is 207 g/mol. The molecule has 1 heterocycles. The molecule has 76 valence electrons. The molecule has 0 aliphatic rings. The molecular weight excluding hydrogens is 190 g/mol. The van der Waals surface area contributed by atoms with E-state index in [2.05, 4.69) is 50.2 Å². The molecule has 0 amide bonds. The lowest BCUT2D eigenvalue weighted by Gasteiger charge is -2.03. The van der Waals surface area contributed by atoms with E-state index in [9.17, 15) is 0 Å². The fourth-order valence-electron chi connectivity index (χ4n) is 1.19. The third kappa shape index (κ3) is 3.04. The summed E-state index contributed by atoms with van der Waals surface area (Å²) in [5.74, 6) is 0. The number of thiophene rings is 1. The Bertz CT molecular complexity index is 343. The van der Waals surface area contributed by atoms with E-state index in [0.717, 1.165) is 12.2 Å². The van der Waals surface area contributed by atoms with Gasteiger partial charge >= 0.3 is 0 Å². The summed E-state index contributed by atoms with van der Waals surface area (Å²) >= 11 is 1.75. The van der Waals surface area contributed by atoms with Gasteiger partial charge in [0.05, 0.1) is 0 Å². The molecular formula is C12H17NS. The van der Waals surface area contributed by atoms with Gasteiger partial charge < -0.3 is 5.32 Å². The van der Waals surface area contributed by atoms with Crippen molar-refractivity contribution in [3.8, 4) is 0 Å². The molecule has 14 heavy (non-hydrogen) atoms. The highest BCUT2D eigenvalue weighted by molar-refractivity contribution is 7.11. The van der Waals surface area contributed by atoms with Gasteiger partial charge in [-0.1, -0.05) is 12.2 Å². The molecule has 0 bridgehead atoms. The molecule has 0 radical (unpaired) electrons. The van der Waals surface area contributed by atoms with Gasteiger partial charge in [0.15, 0.2) is 0 Å². The van der Waals surface area contributed by atoms with Crippen LogP contribution in [0.2, 0.25) is 0 Å². The quantitative estimate of drug-likeness (QED) is 0.793. The molecule has 0 saturated carbocycles. The van der Waals surface area contributed by atoms with Crippen molar-refractivity contribution >= 4 is 23.1 Å². The Labute approximate surface area is 90.2 Å². The second-order valence-electron chi connectivity index (χ2n) is 3.47. The molecule has 0 aliphatic carbocycles. The SMILES string of the molecule is C=C(NCC)c1csc(C=C(C)C)c1. The highest BCUT2D eigenvalue weighted by Gasteiger charge is 2.00. The number of hydrogen-bond acceptors (Lipinski definition) is 2. The van der Waals surface area contributed by atoms with Gasteiger partial charge in [-0.05, 0) is 32.9 Å². The van der Waals surface area contributed by atoms with Crippen LogP contribution in [0.3, 0.4) is 0 Å². The summed E-state index contributed by atoms with van der Waals surface area (Å²) in [6, 6.07) is 2.17. The first-order chi connectivity index (χ1) is 6.63. The second-order valence-corrected chi connectivity index (χ2v) is 4.41. The van der Waals surface area contributed by atoms with Gasteiger partial charge in [-0.2, -0.15) is 0 Å². The zero-order valence-electron chi connectivity index (χ0n) is 9.05. The second kappa shape index (κ2) is 5.01. The Morgan fingerprint density at radius 3 is 2.86 bits per heavy atom. The maximum Gasteiger partial charge on any atom is 0.0349 e. The summed E-state index contributed by atoms with van der Waals surface area (Å²) in [6.07, 6.45) is 2.19. The van der Waals surface area contributed by atoms with Crippen LogP contribution in [0, 0.1) is 0 Å². The van der Waals surface area contributed by atoms with Crippen LogP contribution in [0.5, 0.6) is 0 Å². The molecule has 0 aliphatic heterocycles. The Morgan fingerprint density at radius 2 is 2.29 bits per heavy atom. The fraction of sp³-hybridized carbons (Fsp3) is 0.333. The first-order valence-corrected chi connectivity index (χ1v) is 5.68. The maximum atomic E-state index is 3.98. The minimum Gasteiger partial charge on any atom is -0.385 e. The molecule has 2 heteroatoms. The van der Waals surface area contributed by atoms with Gasteiger partial charge in [-0.25, -0.2) is 0 Å². The van der Waals surface area contributed by atoms with Crippen molar-refractivity contribution in [3.05, 3.63) is 34.0 Å². The van der Waals surface area contributed by atoms with E-state index in [1.165, 1.54) is 16.0 Å². The summed E-state index contributed by atoms with van der Waals surface area (Å²) in [7, 11) is 0. The first kappa shape index (κ1) is 11.1. The highest BCUT2D eigenvalue weighted by Crippen LogP contribution is 2.21. The largest absolute Gasteiger partial charge is 0.385 e. The molecule has 0 aromatic carbocycles. The van der Waals surface area contributed by atoms with Crippen LogP contribution in [0.4, 0.5) is 0 Å². The lowest BCUT2D eigenvalue weighted by atomic mass is 10.2. The lowest BCUT2D eigenvalue weighted by molar-refractivity contribution is 0.943. The maximum absolute atomic E-state index is 3.98. The summed E-state index contributed by atoms with van der Waals surface area (Å²) in [5.41, 5.74) is 3.54. The van der Waals surface area contributed by atoms with Crippen molar-refractivity contribution in [1.29, 1.82) is 0 Å². The van der Waals surface area contributed by atoms with Gasteiger partial charge in [-0.15, -0.1) is 11.3 Å². The molecule has 0 unspecified atom stereocenters. The topological polar surface area (TPSA) is 12.0 Å². The normalized spacial score (nSPS) is 9.64. The predicted octanol–water partition coefficient (Wildman–Crippen LogP) is 3.75. The molecule has 1 nitrogen and oxygen atoms in total. The third-order valence-electron chi connectivity index (χ3n) is 1.79. The van der Waals surface area contributed by atoms with Crippen LogP contribution in [0.15, 0.2) is 23.6 Å². The van der Waals surface area contributed by atoms with Crippen LogP contribution in [0.25, 0.3) is 11.8 Å². The van der Waals surface area contributed by atoms with E-state index in [1.54, 1.807) is 11.3 Å². The van der Waals surface area contributed by atoms with Crippen LogP contribution >= 0.6 is 11.3 Å². The van der Waals surface area contributed by atoms with E-state index < -0.39 is 0 Å². The summed E-state index contributed by atoms with van der Waals surface area (Å²) < 4.78 is 0. The van der Waals surface area contributed by atoms with Crippen molar-refractivity contribution < 1.29 is 0 Å². The number of rotatable bonds is 4. The average Bonchev–Trinajstić information content (AvgIpc) is 2.52. The lowest BCUT2D eigenvalue weighted by Crippen LogP contribution is -2.08. The standard InChI is InChI=1S/C12H17NS/c1-5-13-10(4)11-7-12(14-8-11)6-9(2)3/h6-8,13H,4-5H2,1-3H3. The number of allylic oxidation sites excluding steroid dienone is 1. The minimum absolute atomic E-state index is 0.923. The van der Waals surface area contributed by atoms with Gasteiger partial charge in [0.1, 0.15) is 0 Å². The van der Waals surface area contributed by atoms with Crippen molar-refractivity contribution in [2.45, 2.75) is 20.8 Å². The van der Waals surface area contributed by atoms with Crippen molar-refractivity contribution in [1.82, 2.24) is 5.32 Å². The molecule has 0 saturated heterocycles. The van der Waals surface area contributed by atoms with Crippen LogP contribution in [-0.4, -0.2) is 6.54 Å². The van der Waals surface area contributed by atoms with E-state index in [-0.39, 0.29) is 0 Å². The number of nitrogens with one attached hydrogen (secondary N) is 1. The van der Waals surface area contributed by atoms with Crippen molar-refractivity contribution in [2.75, 3.05) is 6.54 Å². The van der Waals surface area contributed by atoms with Gasteiger partial charge in [0.25, 0.3) is 0 Å². The molecule has 0 fully saturated rings. The first-order valence-electron chi connectivity index (χ1n) is 4.80. The third-order valence-corrected chi connectivity index (χ3v) is 2.67. The van der Waals surface area contributed by atoms with Crippen molar-refractivity contribution in [3.63, 3.8) is 0 Å². The molecule has 0 spiro atoms. The summed E-state index contributed by atoms with van der Waals surface area (Å²) in [4.78, 5) is 1.29. The molecule has 1 N–H and O–H groups in total. The minimum atomic E-state index is 0.923. The molecule has 1 aromatic rings. The Morgan fingerprint density at radius 1 is 1.57 bits per heavy atom. The summed E-state index contributed by atoms with van der Waals surface area (Å²) in [6.45, 7) is 11.2. The van der Waals surface area contributed by atoms with E-state index >= 15 is 0 Å². The van der Waals surface area contributed by atoms with Crippen LogP contribution in [-0.2, 0) is 0 Å². The highest BCUT2D eigenvalue weighted by atomic mass is 32.1.